The van der Waals surface area contributed by atoms with Crippen LogP contribution in [0.4, 0.5) is 5.69 Å². The highest BCUT2D eigenvalue weighted by Gasteiger charge is 2.14. The number of esters is 1. The van der Waals surface area contributed by atoms with Gasteiger partial charge in [-0.3, -0.25) is 9.59 Å². The first-order valence-electron chi connectivity index (χ1n) is 7.90. The standard InChI is InChI=1S/C19H21NO4S/c1-14(25-13-12-18(21)23-2)19(22)20-15-8-10-17(11-9-15)24-16-6-4-3-5-7-16/h3-11,14H,12-13H2,1-2H3,(H,20,22)/t14-/m0/s1. The van der Waals surface area contributed by atoms with Crippen molar-refractivity contribution in [3.05, 3.63) is 54.6 Å². The molecule has 0 aliphatic heterocycles. The number of benzene rings is 2. The maximum absolute atomic E-state index is 12.2. The first kappa shape index (κ1) is 18.9. The molecular formula is C19H21NO4S. The SMILES string of the molecule is COC(=O)CCS[C@@H](C)C(=O)Nc1ccc(Oc2ccccc2)cc1. The summed E-state index contributed by atoms with van der Waals surface area (Å²) in [5, 5.41) is 2.59. The van der Waals surface area contributed by atoms with Crippen molar-refractivity contribution in [1.82, 2.24) is 0 Å². The highest BCUT2D eigenvalue weighted by Crippen LogP contribution is 2.23. The van der Waals surface area contributed by atoms with E-state index in [1.54, 1.807) is 24.3 Å². The predicted octanol–water partition coefficient (Wildman–Crippen LogP) is 4.10. The number of amides is 1. The zero-order valence-corrected chi connectivity index (χ0v) is 15.0. The van der Waals surface area contributed by atoms with Gasteiger partial charge in [-0.1, -0.05) is 18.2 Å². The van der Waals surface area contributed by atoms with Crippen LogP contribution < -0.4 is 10.1 Å². The Morgan fingerprint density at radius 3 is 2.32 bits per heavy atom. The lowest BCUT2D eigenvalue weighted by Crippen LogP contribution is -2.23. The van der Waals surface area contributed by atoms with Gasteiger partial charge in [0.1, 0.15) is 11.5 Å². The molecule has 0 radical (unpaired) electrons. The van der Waals surface area contributed by atoms with Crippen LogP contribution in [-0.4, -0.2) is 30.0 Å². The summed E-state index contributed by atoms with van der Waals surface area (Å²) < 4.78 is 10.3. The van der Waals surface area contributed by atoms with Crippen molar-refractivity contribution in [3.8, 4) is 11.5 Å². The van der Waals surface area contributed by atoms with E-state index in [9.17, 15) is 9.59 Å². The molecule has 0 aromatic heterocycles. The Bertz CT molecular complexity index is 688. The van der Waals surface area contributed by atoms with Gasteiger partial charge in [0.2, 0.25) is 5.91 Å². The third kappa shape index (κ3) is 6.51. The molecule has 0 saturated heterocycles. The summed E-state index contributed by atoms with van der Waals surface area (Å²) in [5.74, 6) is 1.63. The topological polar surface area (TPSA) is 64.6 Å². The lowest BCUT2D eigenvalue weighted by molar-refractivity contribution is -0.140. The number of thioether (sulfide) groups is 1. The summed E-state index contributed by atoms with van der Waals surface area (Å²) in [7, 11) is 1.36. The van der Waals surface area contributed by atoms with E-state index in [1.807, 2.05) is 37.3 Å². The second-order valence-corrected chi connectivity index (χ2v) is 6.72. The van der Waals surface area contributed by atoms with Crippen LogP contribution in [0.5, 0.6) is 11.5 Å². The monoisotopic (exact) mass is 359 g/mol. The molecule has 0 unspecified atom stereocenters. The summed E-state index contributed by atoms with van der Waals surface area (Å²) in [6.45, 7) is 1.81. The molecule has 0 aliphatic carbocycles. The van der Waals surface area contributed by atoms with Gasteiger partial charge in [0.05, 0.1) is 18.8 Å². The van der Waals surface area contributed by atoms with Crippen LogP contribution >= 0.6 is 11.8 Å². The Hall–Kier alpha value is -2.47. The Kier molecular flexibility index (Phi) is 7.35. The first-order valence-corrected chi connectivity index (χ1v) is 8.95. The lowest BCUT2D eigenvalue weighted by Gasteiger charge is -2.12. The molecular weight excluding hydrogens is 338 g/mol. The molecule has 1 N–H and O–H groups in total. The number of rotatable bonds is 8. The van der Waals surface area contributed by atoms with Gasteiger partial charge in [0.25, 0.3) is 0 Å². The average molecular weight is 359 g/mol. The molecule has 5 nitrogen and oxygen atoms in total. The number of nitrogens with one attached hydrogen (secondary N) is 1. The minimum Gasteiger partial charge on any atom is -0.469 e. The van der Waals surface area contributed by atoms with Gasteiger partial charge in [-0.2, -0.15) is 0 Å². The molecule has 132 valence electrons. The van der Waals surface area contributed by atoms with Crippen molar-refractivity contribution in [1.29, 1.82) is 0 Å². The number of hydrogen-bond acceptors (Lipinski definition) is 5. The minimum atomic E-state index is -0.269. The molecule has 0 heterocycles. The van der Waals surface area contributed by atoms with Crippen molar-refractivity contribution >= 4 is 29.3 Å². The first-order chi connectivity index (χ1) is 12.1. The minimum absolute atomic E-state index is 0.105. The van der Waals surface area contributed by atoms with E-state index in [-0.39, 0.29) is 17.1 Å². The average Bonchev–Trinajstić information content (AvgIpc) is 2.63. The molecule has 2 rings (SSSR count). The second-order valence-electron chi connectivity index (χ2n) is 5.27. The zero-order chi connectivity index (χ0) is 18.1. The summed E-state index contributed by atoms with van der Waals surface area (Å²) in [5.41, 5.74) is 0.700. The van der Waals surface area contributed by atoms with Crippen LogP contribution in [-0.2, 0) is 14.3 Å². The fourth-order valence-corrected chi connectivity index (χ4v) is 2.82. The van der Waals surface area contributed by atoms with Crippen LogP contribution in [0.1, 0.15) is 13.3 Å². The number of carbonyl (C=O) groups excluding carboxylic acids is 2. The van der Waals surface area contributed by atoms with Crippen molar-refractivity contribution in [2.75, 3.05) is 18.2 Å². The van der Waals surface area contributed by atoms with E-state index in [0.717, 1.165) is 5.75 Å². The molecule has 6 heteroatoms. The molecule has 1 amide bonds. The largest absolute Gasteiger partial charge is 0.469 e. The molecule has 0 aliphatic rings. The quantitative estimate of drug-likeness (QED) is 0.719. The van der Waals surface area contributed by atoms with Gasteiger partial charge < -0.3 is 14.8 Å². The number of carbonyl (C=O) groups is 2. The van der Waals surface area contributed by atoms with E-state index < -0.39 is 0 Å². The van der Waals surface area contributed by atoms with Gasteiger partial charge in [0.15, 0.2) is 0 Å². The molecule has 1 atom stereocenters. The molecule has 2 aromatic carbocycles. The fourth-order valence-electron chi connectivity index (χ4n) is 1.97. The van der Waals surface area contributed by atoms with E-state index in [2.05, 4.69) is 10.1 Å². The Labute approximate surface area is 151 Å². The van der Waals surface area contributed by atoms with Crippen LogP contribution in [0.2, 0.25) is 0 Å². The highest BCUT2D eigenvalue weighted by atomic mass is 32.2. The number of anilines is 1. The van der Waals surface area contributed by atoms with Gasteiger partial charge in [-0.25, -0.2) is 0 Å². The Balaban J connectivity index is 1.81. The van der Waals surface area contributed by atoms with Gasteiger partial charge in [-0.15, -0.1) is 11.8 Å². The number of para-hydroxylation sites is 1. The van der Waals surface area contributed by atoms with Crippen LogP contribution in [0, 0.1) is 0 Å². The third-order valence-corrected chi connectivity index (χ3v) is 4.53. The van der Waals surface area contributed by atoms with Crippen molar-refractivity contribution in [2.45, 2.75) is 18.6 Å². The third-order valence-electron chi connectivity index (χ3n) is 3.37. The summed E-state index contributed by atoms with van der Waals surface area (Å²) in [6, 6.07) is 16.7. The summed E-state index contributed by atoms with van der Waals surface area (Å²) >= 11 is 1.41. The maximum atomic E-state index is 12.2. The van der Waals surface area contributed by atoms with Crippen molar-refractivity contribution in [3.63, 3.8) is 0 Å². The number of ether oxygens (including phenoxy) is 2. The maximum Gasteiger partial charge on any atom is 0.306 e. The van der Waals surface area contributed by atoms with Crippen LogP contribution in [0.25, 0.3) is 0 Å². The molecule has 2 aromatic rings. The molecule has 0 spiro atoms. The predicted molar refractivity (Wildman–Crippen MR) is 100 cm³/mol. The number of hydrogen-bond donors (Lipinski definition) is 1. The van der Waals surface area contributed by atoms with Crippen LogP contribution in [0.15, 0.2) is 54.6 Å². The summed E-state index contributed by atoms with van der Waals surface area (Å²) in [4.78, 5) is 23.2. The smallest absolute Gasteiger partial charge is 0.306 e. The summed E-state index contributed by atoms with van der Waals surface area (Å²) in [6.07, 6.45) is 0.296. The highest BCUT2D eigenvalue weighted by molar-refractivity contribution is 8.00. The fraction of sp³-hybridized carbons (Fsp3) is 0.263. The number of methoxy groups -OCH3 is 1. The van der Waals surface area contributed by atoms with Crippen molar-refractivity contribution in [2.24, 2.45) is 0 Å². The zero-order valence-electron chi connectivity index (χ0n) is 14.2. The van der Waals surface area contributed by atoms with E-state index >= 15 is 0 Å². The second kappa shape index (κ2) is 9.74. The van der Waals surface area contributed by atoms with E-state index in [1.165, 1.54) is 18.9 Å². The van der Waals surface area contributed by atoms with E-state index in [0.29, 0.717) is 23.6 Å². The lowest BCUT2D eigenvalue weighted by atomic mass is 10.3. The molecule has 0 fully saturated rings. The molecule has 0 bridgehead atoms. The van der Waals surface area contributed by atoms with Crippen LogP contribution in [0.3, 0.4) is 0 Å². The van der Waals surface area contributed by atoms with Gasteiger partial charge in [0, 0.05) is 11.4 Å². The van der Waals surface area contributed by atoms with Gasteiger partial charge in [-0.05, 0) is 43.3 Å². The Morgan fingerprint density at radius 1 is 1.04 bits per heavy atom. The Morgan fingerprint density at radius 2 is 1.68 bits per heavy atom. The molecule has 25 heavy (non-hydrogen) atoms. The van der Waals surface area contributed by atoms with E-state index in [4.69, 9.17) is 4.74 Å². The van der Waals surface area contributed by atoms with Gasteiger partial charge >= 0.3 is 5.97 Å². The van der Waals surface area contributed by atoms with Crippen molar-refractivity contribution < 1.29 is 19.1 Å². The molecule has 0 saturated carbocycles. The normalized spacial score (nSPS) is 11.4.